The first-order chi connectivity index (χ1) is 22.6. The summed E-state index contributed by atoms with van der Waals surface area (Å²) in [6.07, 6.45) is 8.24. The Balaban J connectivity index is 1.43. The molecule has 3 N–H and O–H groups in total. The summed E-state index contributed by atoms with van der Waals surface area (Å²) in [6.45, 7) is 11.3. The Bertz CT molecular complexity index is 1330. The van der Waals surface area contributed by atoms with Crippen LogP contribution in [0, 0.1) is 5.92 Å². The predicted molar refractivity (Wildman–Crippen MR) is 183 cm³/mol. The van der Waals surface area contributed by atoms with Crippen LogP contribution in [-0.4, -0.2) is 94.9 Å². The van der Waals surface area contributed by atoms with E-state index in [2.05, 4.69) is 33.0 Å². The molecule has 1 saturated heterocycles. The molecule has 11 nitrogen and oxygen atoms in total. The number of nitrogens with zero attached hydrogens (tertiary/aromatic N) is 4. The number of aromatic nitrogens is 2. The third-order valence-electron chi connectivity index (χ3n) is 9.80. The van der Waals surface area contributed by atoms with Crippen LogP contribution in [0.4, 0.5) is 0 Å². The summed E-state index contributed by atoms with van der Waals surface area (Å²) in [5.41, 5.74) is 2.36. The third-order valence-corrected chi connectivity index (χ3v) is 9.80. The Morgan fingerprint density at radius 1 is 0.915 bits per heavy atom. The Hall–Kier alpha value is -3.57. The number of benzene rings is 1. The molecule has 2 fully saturated rings. The number of hydrogen-bond donors (Lipinski definition) is 3. The fourth-order valence-electron chi connectivity index (χ4n) is 6.64. The molecule has 3 atom stereocenters. The van der Waals surface area contributed by atoms with Gasteiger partial charge in [0.25, 0.3) is 5.91 Å². The number of piperazine rings is 1. The fourth-order valence-corrected chi connectivity index (χ4v) is 6.64. The molecular weight excluding hydrogens is 594 g/mol. The zero-order chi connectivity index (χ0) is 33.9. The van der Waals surface area contributed by atoms with Crippen molar-refractivity contribution >= 4 is 23.5 Å². The number of likely N-dealkylation sites (N-methyl/N-ethyl adjacent to an activating group) is 1. The maximum atomic E-state index is 13.7. The lowest BCUT2D eigenvalue weighted by Crippen LogP contribution is -2.55. The minimum absolute atomic E-state index is 0.0221. The molecule has 0 bridgehead atoms. The van der Waals surface area contributed by atoms with E-state index in [-0.39, 0.29) is 47.9 Å². The van der Waals surface area contributed by atoms with Crippen LogP contribution in [0.2, 0.25) is 0 Å². The number of rotatable bonds is 14. The monoisotopic (exact) mass is 649 g/mol. The number of Topliss-reactive ketones (excluding diaryl/α,β-unsaturated/α-hetero) is 1. The van der Waals surface area contributed by atoms with Gasteiger partial charge in [0.2, 0.25) is 11.8 Å². The van der Waals surface area contributed by atoms with Gasteiger partial charge in [-0.05, 0) is 56.8 Å². The molecule has 258 valence electrons. The van der Waals surface area contributed by atoms with Gasteiger partial charge in [-0.3, -0.25) is 29.2 Å². The van der Waals surface area contributed by atoms with Gasteiger partial charge in [-0.1, -0.05) is 63.8 Å². The zero-order valence-electron chi connectivity index (χ0n) is 29.0. The van der Waals surface area contributed by atoms with Crippen molar-refractivity contribution in [1.82, 2.24) is 35.5 Å². The standard InChI is InChI=1S/C36H55N7O4/c1-6-30(44)24-37-32(36(47)42-21-19-41(5)20-22-42)26(4)28-15-13-27(14-16-28)23-38-35(46)33(29-11-9-7-8-10-12-29)40-34(45)31-17-18-39-43(31)25(2)3/h13-18,25-26,29,32-33,37H,6-12,19-24H2,1-5H3,(H,38,46)(H,40,45)/t26-,32+,33?/m0/s1. The molecule has 1 aromatic heterocycles. The first kappa shape index (κ1) is 36.3. The van der Waals surface area contributed by atoms with E-state index in [4.69, 9.17) is 0 Å². The molecule has 1 aliphatic heterocycles. The molecule has 3 amide bonds. The smallest absolute Gasteiger partial charge is 0.270 e. The van der Waals surface area contributed by atoms with E-state index in [1.807, 2.05) is 56.9 Å². The van der Waals surface area contributed by atoms with Crippen LogP contribution in [0.15, 0.2) is 36.5 Å². The predicted octanol–water partition coefficient (Wildman–Crippen LogP) is 3.66. The Morgan fingerprint density at radius 2 is 1.57 bits per heavy atom. The van der Waals surface area contributed by atoms with Crippen LogP contribution >= 0.6 is 0 Å². The fraction of sp³-hybridized carbons (Fsp3) is 0.639. The third kappa shape index (κ3) is 9.96. The molecule has 4 rings (SSSR count). The number of ketones is 1. The molecule has 11 heteroatoms. The summed E-state index contributed by atoms with van der Waals surface area (Å²) < 4.78 is 1.68. The van der Waals surface area contributed by atoms with Crippen LogP contribution < -0.4 is 16.0 Å². The molecule has 0 radical (unpaired) electrons. The van der Waals surface area contributed by atoms with E-state index in [9.17, 15) is 19.2 Å². The van der Waals surface area contributed by atoms with Gasteiger partial charge in [-0.2, -0.15) is 5.10 Å². The molecule has 2 aliphatic rings. The number of amides is 3. The molecule has 47 heavy (non-hydrogen) atoms. The van der Waals surface area contributed by atoms with Crippen LogP contribution in [0.25, 0.3) is 0 Å². The van der Waals surface area contributed by atoms with Gasteiger partial charge in [-0.25, -0.2) is 0 Å². The molecule has 0 spiro atoms. The molecule has 2 heterocycles. The van der Waals surface area contributed by atoms with Gasteiger partial charge in [0.1, 0.15) is 17.5 Å². The van der Waals surface area contributed by atoms with Crippen molar-refractivity contribution in [3.63, 3.8) is 0 Å². The summed E-state index contributed by atoms with van der Waals surface area (Å²) in [7, 11) is 2.06. The highest BCUT2D eigenvalue weighted by atomic mass is 16.2. The second-order valence-corrected chi connectivity index (χ2v) is 13.6. The van der Waals surface area contributed by atoms with Crippen LogP contribution in [0.1, 0.15) is 106 Å². The average molecular weight is 650 g/mol. The summed E-state index contributed by atoms with van der Waals surface area (Å²) in [6, 6.07) is 8.51. The molecule has 1 unspecified atom stereocenters. The summed E-state index contributed by atoms with van der Waals surface area (Å²) in [4.78, 5) is 57.0. The maximum Gasteiger partial charge on any atom is 0.270 e. The Morgan fingerprint density at radius 3 is 2.19 bits per heavy atom. The molecule has 1 aromatic carbocycles. The van der Waals surface area contributed by atoms with Gasteiger partial charge in [0, 0.05) is 57.3 Å². The van der Waals surface area contributed by atoms with Crippen molar-refractivity contribution in [2.75, 3.05) is 39.8 Å². The maximum absolute atomic E-state index is 13.7. The van der Waals surface area contributed by atoms with Gasteiger partial charge >= 0.3 is 0 Å². The highest BCUT2D eigenvalue weighted by molar-refractivity contribution is 5.96. The second-order valence-electron chi connectivity index (χ2n) is 13.6. The zero-order valence-corrected chi connectivity index (χ0v) is 29.0. The van der Waals surface area contributed by atoms with E-state index in [1.165, 1.54) is 0 Å². The second kappa shape index (κ2) is 17.5. The lowest BCUT2D eigenvalue weighted by Gasteiger charge is -2.36. The van der Waals surface area contributed by atoms with Crippen LogP contribution in [0.5, 0.6) is 0 Å². The Labute approximate surface area is 280 Å². The van der Waals surface area contributed by atoms with E-state index >= 15 is 0 Å². The van der Waals surface area contributed by atoms with Gasteiger partial charge in [0.05, 0.1) is 12.6 Å². The number of carbonyl (C=O) groups excluding carboxylic acids is 4. The quantitative estimate of drug-likeness (QED) is 0.267. The van der Waals surface area contributed by atoms with Crippen molar-refractivity contribution in [3.05, 3.63) is 53.3 Å². The summed E-state index contributed by atoms with van der Waals surface area (Å²) >= 11 is 0. The topological polar surface area (TPSA) is 129 Å². The summed E-state index contributed by atoms with van der Waals surface area (Å²) in [5.74, 6) is -0.460. The van der Waals surface area contributed by atoms with Gasteiger partial charge in [0.15, 0.2) is 0 Å². The van der Waals surface area contributed by atoms with E-state index < -0.39 is 12.1 Å². The van der Waals surface area contributed by atoms with E-state index in [1.54, 1.807) is 16.9 Å². The van der Waals surface area contributed by atoms with Crippen molar-refractivity contribution in [2.45, 2.75) is 103 Å². The molecule has 1 saturated carbocycles. The number of nitrogens with one attached hydrogen (secondary N) is 3. The highest BCUT2D eigenvalue weighted by Crippen LogP contribution is 2.27. The van der Waals surface area contributed by atoms with Crippen molar-refractivity contribution < 1.29 is 19.2 Å². The van der Waals surface area contributed by atoms with Crippen molar-refractivity contribution in [2.24, 2.45) is 5.92 Å². The van der Waals surface area contributed by atoms with Crippen molar-refractivity contribution in [1.29, 1.82) is 0 Å². The van der Waals surface area contributed by atoms with E-state index in [0.717, 1.165) is 62.7 Å². The average Bonchev–Trinajstić information content (AvgIpc) is 3.43. The first-order valence-electron chi connectivity index (χ1n) is 17.5. The van der Waals surface area contributed by atoms with Crippen molar-refractivity contribution in [3.8, 4) is 0 Å². The normalized spacial score (nSPS) is 18.3. The lowest BCUT2D eigenvalue weighted by atomic mass is 9.90. The minimum Gasteiger partial charge on any atom is -0.350 e. The first-order valence-corrected chi connectivity index (χ1v) is 17.5. The van der Waals surface area contributed by atoms with E-state index in [0.29, 0.717) is 31.7 Å². The Kier molecular flexibility index (Phi) is 13.5. The SMILES string of the molecule is CCC(=O)CN[C@@H](C(=O)N1CCN(C)CC1)[C@@H](C)c1ccc(CNC(=O)C(NC(=O)c2ccnn2C(C)C)C2CCCCCC2)cc1. The molecule has 2 aromatic rings. The largest absolute Gasteiger partial charge is 0.350 e. The number of carbonyl (C=O) groups is 4. The van der Waals surface area contributed by atoms with Crippen LogP contribution in [-0.2, 0) is 20.9 Å². The molecule has 1 aliphatic carbocycles. The minimum atomic E-state index is -0.631. The highest BCUT2D eigenvalue weighted by Gasteiger charge is 2.33. The lowest BCUT2D eigenvalue weighted by molar-refractivity contribution is -0.135. The summed E-state index contributed by atoms with van der Waals surface area (Å²) in [5, 5.41) is 13.7. The van der Waals surface area contributed by atoms with Crippen LogP contribution in [0.3, 0.4) is 0 Å². The van der Waals surface area contributed by atoms with Gasteiger partial charge in [-0.15, -0.1) is 0 Å². The number of hydrogen-bond acceptors (Lipinski definition) is 7. The van der Waals surface area contributed by atoms with Gasteiger partial charge < -0.3 is 20.4 Å². The molecular formula is C36H55N7O4.